The van der Waals surface area contributed by atoms with E-state index >= 15 is 0 Å². The molecule has 6 heteroatoms. The summed E-state index contributed by atoms with van der Waals surface area (Å²) in [5.41, 5.74) is 0. The van der Waals surface area contributed by atoms with Crippen LogP contribution in [-0.4, -0.2) is 34.8 Å². The predicted molar refractivity (Wildman–Crippen MR) is 77.4 cm³/mol. The fourth-order valence-corrected chi connectivity index (χ4v) is 2.35. The van der Waals surface area contributed by atoms with Crippen molar-refractivity contribution >= 4 is 29.2 Å². The Bertz CT molecular complexity index is 502. The standard InChI is InChI=1S/C14H18ClN3O2/c1-9(2)7-18-8-10(5-13(18)19)14(20)17-12-4-3-11(15)6-16-12/h3-4,6,9-10H,5,7-8H2,1-2H3,(H,16,17,20)/t10-/m0/s1. The molecule has 2 heterocycles. The van der Waals surface area contributed by atoms with E-state index in [2.05, 4.69) is 24.1 Å². The van der Waals surface area contributed by atoms with Crippen molar-refractivity contribution in [3.63, 3.8) is 0 Å². The van der Waals surface area contributed by atoms with Crippen LogP contribution in [0.4, 0.5) is 5.82 Å². The van der Waals surface area contributed by atoms with E-state index in [-0.39, 0.29) is 24.2 Å². The van der Waals surface area contributed by atoms with Crippen LogP contribution in [0, 0.1) is 11.8 Å². The number of halogens is 1. The van der Waals surface area contributed by atoms with Crippen LogP contribution in [0.2, 0.25) is 5.02 Å². The zero-order chi connectivity index (χ0) is 14.7. The Morgan fingerprint density at radius 1 is 1.55 bits per heavy atom. The third-order valence-corrected chi connectivity index (χ3v) is 3.37. The number of likely N-dealkylation sites (tertiary alicyclic amines) is 1. The van der Waals surface area contributed by atoms with Crippen molar-refractivity contribution in [2.24, 2.45) is 11.8 Å². The molecule has 1 N–H and O–H groups in total. The maximum absolute atomic E-state index is 12.1. The Morgan fingerprint density at radius 2 is 2.30 bits per heavy atom. The summed E-state index contributed by atoms with van der Waals surface area (Å²) >= 11 is 5.74. The number of pyridine rings is 1. The van der Waals surface area contributed by atoms with E-state index in [0.717, 1.165) is 0 Å². The second-order valence-corrected chi connectivity index (χ2v) is 5.88. The number of nitrogens with zero attached hydrogens (tertiary/aromatic N) is 2. The maximum Gasteiger partial charge on any atom is 0.230 e. The lowest BCUT2D eigenvalue weighted by molar-refractivity contribution is -0.128. The zero-order valence-corrected chi connectivity index (χ0v) is 12.4. The third-order valence-electron chi connectivity index (χ3n) is 3.15. The van der Waals surface area contributed by atoms with Crippen LogP contribution in [-0.2, 0) is 9.59 Å². The van der Waals surface area contributed by atoms with Crippen LogP contribution in [0.15, 0.2) is 18.3 Å². The minimum Gasteiger partial charge on any atom is -0.342 e. The molecule has 5 nitrogen and oxygen atoms in total. The number of hydrogen-bond donors (Lipinski definition) is 1. The molecule has 1 fully saturated rings. The number of rotatable bonds is 4. The van der Waals surface area contributed by atoms with E-state index in [1.165, 1.54) is 6.20 Å². The molecule has 1 aromatic rings. The summed E-state index contributed by atoms with van der Waals surface area (Å²) < 4.78 is 0. The molecule has 1 atom stereocenters. The van der Waals surface area contributed by atoms with Gasteiger partial charge in [-0.3, -0.25) is 9.59 Å². The molecule has 0 radical (unpaired) electrons. The summed E-state index contributed by atoms with van der Waals surface area (Å²) in [5, 5.41) is 3.23. The third kappa shape index (κ3) is 3.70. The molecule has 0 spiro atoms. The molecule has 0 unspecified atom stereocenters. The van der Waals surface area contributed by atoms with Gasteiger partial charge >= 0.3 is 0 Å². The number of amides is 2. The van der Waals surface area contributed by atoms with Gasteiger partial charge in [0.05, 0.1) is 10.9 Å². The average molecular weight is 296 g/mol. The van der Waals surface area contributed by atoms with Crippen molar-refractivity contribution in [2.45, 2.75) is 20.3 Å². The number of nitrogens with one attached hydrogen (secondary N) is 1. The molecule has 1 aliphatic rings. The summed E-state index contributed by atoms with van der Waals surface area (Å²) in [5.74, 6) is 0.425. The molecule has 0 aliphatic carbocycles. The first-order valence-electron chi connectivity index (χ1n) is 6.66. The van der Waals surface area contributed by atoms with Gasteiger partial charge in [0.15, 0.2) is 0 Å². The second-order valence-electron chi connectivity index (χ2n) is 5.44. The van der Waals surface area contributed by atoms with Crippen molar-refractivity contribution in [2.75, 3.05) is 18.4 Å². The van der Waals surface area contributed by atoms with E-state index in [1.54, 1.807) is 17.0 Å². The first-order valence-corrected chi connectivity index (χ1v) is 7.03. The van der Waals surface area contributed by atoms with Crippen LogP contribution in [0.5, 0.6) is 0 Å². The highest BCUT2D eigenvalue weighted by atomic mass is 35.5. The lowest BCUT2D eigenvalue weighted by Crippen LogP contribution is -2.31. The monoisotopic (exact) mass is 295 g/mol. The minimum atomic E-state index is -0.307. The van der Waals surface area contributed by atoms with Gasteiger partial charge in [-0.2, -0.15) is 0 Å². The fraction of sp³-hybridized carbons (Fsp3) is 0.500. The van der Waals surface area contributed by atoms with Crippen LogP contribution in [0.25, 0.3) is 0 Å². The molecule has 1 saturated heterocycles. The SMILES string of the molecule is CC(C)CN1C[C@@H](C(=O)Nc2ccc(Cl)cn2)CC1=O. The molecule has 2 rings (SSSR count). The Morgan fingerprint density at radius 3 is 2.90 bits per heavy atom. The van der Waals surface area contributed by atoms with Crippen molar-refractivity contribution in [3.05, 3.63) is 23.4 Å². The lowest BCUT2D eigenvalue weighted by Gasteiger charge is -2.18. The van der Waals surface area contributed by atoms with Crippen LogP contribution in [0.1, 0.15) is 20.3 Å². The molecule has 2 amide bonds. The number of anilines is 1. The van der Waals surface area contributed by atoms with E-state index in [1.807, 2.05) is 0 Å². The van der Waals surface area contributed by atoms with Crippen LogP contribution >= 0.6 is 11.6 Å². The maximum atomic E-state index is 12.1. The molecule has 1 aromatic heterocycles. The van der Waals surface area contributed by atoms with Crippen LogP contribution < -0.4 is 5.32 Å². The van der Waals surface area contributed by atoms with E-state index in [0.29, 0.717) is 29.8 Å². The van der Waals surface area contributed by atoms with Gasteiger partial charge in [0.2, 0.25) is 11.8 Å². The summed E-state index contributed by atoms with van der Waals surface area (Å²) in [4.78, 5) is 29.7. The fourth-order valence-electron chi connectivity index (χ4n) is 2.24. The normalized spacial score (nSPS) is 18.7. The van der Waals surface area contributed by atoms with Gasteiger partial charge in [-0.05, 0) is 18.1 Å². The quantitative estimate of drug-likeness (QED) is 0.926. The lowest BCUT2D eigenvalue weighted by atomic mass is 10.1. The highest BCUT2D eigenvalue weighted by molar-refractivity contribution is 6.30. The van der Waals surface area contributed by atoms with Crippen LogP contribution in [0.3, 0.4) is 0 Å². The second kappa shape index (κ2) is 6.22. The highest BCUT2D eigenvalue weighted by Crippen LogP contribution is 2.20. The molecule has 1 aliphatic heterocycles. The summed E-state index contributed by atoms with van der Waals surface area (Å²) in [6, 6.07) is 3.30. The van der Waals surface area contributed by atoms with Crippen molar-refractivity contribution in [1.82, 2.24) is 9.88 Å². The Hall–Kier alpha value is -1.62. The van der Waals surface area contributed by atoms with Gasteiger partial charge in [0, 0.05) is 25.7 Å². The number of hydrogen-bond acceptors (Lipinski definition) is 3. The zero-order valence-electron chi connectivity index (χ0n) is 11.6. The van der Waals surface area contributed by atoms with Gasteiger partial charge in [0.1, 0.15) is 5.82 Å². The molecular formula is C14H18ClN3O2. The largest absolute Gasteiger partial charge is 0.342 e. The van der Waals surface area contributed by atoms with Gasteiger partial charge in [-0.15, -0.1) is 0 Å². The number of aromatic nitrogens is 1. The van der Waals surface area contributed by atoms with E-state index in [4.69, 9.17) is 11.6 Å². The Labute approximate surface area is 123 Å². The number of carbonyl (C=O) groups excluding carboxylic acids is 2. The minimum absolute atomic E-state index is 0.0444. The summed E-state index contributed by atoms with van der Waals surface area (Å²) in [7, 11) is 0. The van der Waals surface area contributed by atoms with E-state index in [9.17, 15) is 9.59 Å². The molecule has 20 heavy (non-hydrogen) atoms. The molecule has 0 saturated carbocycles. The van der Waals surface area contributed by atoms with Gasteiger partial charge in [-0.1, -0.05) is 25.4 Å². The molecule has 108 valence electrons. The Balaban J connectivity index is 1.94. The summed E-state index contributed by atoms with van der Waals surface area (Å²) in [6.45, 7) is 5.29. The first kappa shape index (κ1) is 14.8. The first-order chi connectivity index (χ1) is 9.45. The van der Waals surface area contributed by atoms with Gasteiger partial charge in [-0.25, -0.2) is 4.98 Å². The van der Waals surface area contributed by atoms with Gasteiger partial charge < -0.3 is 10.2 Å². The van der Waals surface area contributed by atoms with Crippen molar-refractivity contribution in [1.29, 1.82) is 0 Å². The van der Waals surface area contributed by atoms with E-state index < -0.39 is 0 Å². The average Bonchev–Trinajstić information content (AvgIpc) is 2.73. The molecule has 0 aromatic carbocycles. The predicted octanol–water partition coefficient (Wildman–Crippen LogP) is 2.18. The van der Waals surface area contributed by atoms with Crippen molar-refractivity contribution < 1.29 is 9.59 Å². The van der Waals surface area contributed by atoms with Gasteiger partial charge in [0.25, 0.3) is 0 Å². The Kier molecular flexibility index (Phi) is 4.60. The number of carbonyl (C=O) groups is 2. The van der Waals surface area contributed by atoms with Crippen molar-refractivity contribution in [3.8, 4) is 0 Å². The summed E-state index contributed by atoms with van der Waals surface area (Å²) in [6.07, 6.45) is 1.74. The highest BCUT2D eigenvalue weighted by Gasteiger charge is 2.34. The molecule has 0 bridgehead atoms. The molecular weight excluding hydrogens is 278 g/mol. The topological polar surface area (TPSA) is 62.3 Å². The smallest absolute Gasteiger partial charge is 0.230 e.